The van der Waals surface area contributed by atoms with Gasteiger partial charge in [-0.2, -0.15) is 0 Å². The van der Waals surface area contributed by atoms with E-state index in [1.165, 1.54) is 0 Å². The number of carbonyl (C=O) groups excluding carboxylic acids is 2. The van der Waals surface area contributed by atoms with Gasteiger partial charge >= 0.3 is 11.9 Å². The number of carboxylic acids is 2. The summed E-state index contributed by atoms with van der Waals surface area (Å²) in [6, 6.07) is 10.6. The molecule has 0 aliphatic heterocycles. The van der Waals surface area contributed by atoms with Crippen LogP contribution >= 0.6 is 0 Å². The van der Waals surface area contributed by atoms with Crippen LogP contribution < -0.4 is 22.9 Å². The Morgan fingerprint density at radius 2 is 0.971 bits per heavy atom. The average Bonchev–Trinajstić information content (AvgIpc) is 2.73. The lowest BCUT2D eigenvalue weighted by Gasteiger charge is -2.07. The highest BCUT2D eigenvalue weighted by Crippen LogP contribution is 2.14. The molecule has 0 heterocycles. The molecular formula is C20H24N4O10S-2. The van der Waals surface area contributed by atoms with Gasteiger partial charge in [-0.25, -0.2) is 0 Å². The molecule has 35 heavy (non-hydrogen) atoms. The molecule has 192 valence electrons. The smallest absolute Gasteiger partial charge is 0.320 e. The first kappa shape index (κ1) is 31.1. The molecule has 0 bridgehead atoms. The molecular weight excluding hydrogens is 488 g/mol. The summed E-state index contributed by atoms with van der Waals surface area (Å²) in [4.78, 5) is 44.0. The lowest BCUT2D eigenvalue weighted by atomic mass is 10.0. The van der Waals surface area contributed by atoms with E-state index in [-0.39, 0.29) is 24.4 Å². The fraction of sp³-hybridized carbons (Fsp3) is 0.200. The number of carbonyl (C=O) groups is 4. The predicted molar refractivity (Wildman–Crippen MR) is 121 cm³/mol. The number of ketones is 2. The molecule has 0 radical (unpaired) electrons. The minimum atomic E-state index is -5.17. The second-order valence-electron chi connectivity index (χ2n) is 6.73. The molecule has 15 heteroatoms. The van der Waals surface area contributed by atoms with Crippen molar-refractivity contribution in [2.45, 2.75) is 24.9 Å². The van der Waals surface area contributed by atoms with Gasteiger partial charge in [0.05, 0.1) is 0 Å². The van der Waals surface area contributed by atoms with Gasteiger partial charge in [-0.15, -0.1) is 0 Å². The second-order valence-corrected chi connectivity index (χ2v) is 7.54. The number of nitrogen functional groups attached to an aromatic ring is 2. The lowest BCUT2D eigenvalue weighted by Crippen LogP contribution is -2.32. The summed E-state index contributed by atoms with van der Waals surface area (Å²) < 4.78 is 34.1. The van der Waals surface area contributed by atoms with Crippen LogP contribution in [0.1, 0.15) is 33.6 Å². The van der Waals surface area contributed by atoms with Crippen molar-refractivity contribution >= 4 is 45.3 Å². The number of carboxylic acid groups (broad SMARTS) is 2. The van der Waals surface area contributed by atoms with E-state index in [0.717, 1.165) is 0 Å². The monoisotopic (exact) mass is 512 g/mol. The third-order valence-corrected chi connectivity index (χ3v) is 3.97. The predicted octanol–water partition coefficient (Wildman–Crippen LogP) is -0.831. The molecule has 0 fully saturated rings. The van der Waals surface area contributed by atoms with Crippen molar-refractivity contribution in [2.24, 2.45) is 11.5 Å². The number of rotatable bonds is 8. The normalized spacial score (nSPS) is 12.0. The Kier molecular flexibility index (Phi) is 12.8. The Balaban J connectivity index is 0.000000555. The third kappa shape index (κ3) is 13.4. The molecule has 0 amide bonds. The third-order valence-electron chi connectivity index (χ3n) is 3.97. The van der Waals surface area contributed by atoms with Crippen LogP contribution in [0.5, 0.6) is 0 Å². The Bertz CT molecular complexity index is 1070. The number of hydrogen-bond donors (Lipinski definition) is 6. The first-order valence-electron chi connectivity index (χ1n) is 9.43. The maximum absolute atomic E-state index is 11.6. The zero-order valence-electron chi connectivity index (χ0n) is 18.1. The van der Waals surface area contributed by atoms with Gasteiger partial charge in [-0.1, -0.05) is 24.3 Å². The second kappa shape index (κ2) is 14.4. The van der Waals surface area contributed by atoms with Crippen molar-refractivity contribution in [3.05, 3.63) is 59.7 Å². The van der Waals surface area contributed by atoms with Crippen LogP contribution in [-0.4, -0.2) is 63.3 Å². The van der Waals surface area contributed by atoms with Gasteiger partial charge in [0.2, 0.25) is 0 Å². The largest absolute Gasteiger partial charge is 0.759 e. The molecule has 2 rings (SSSR count). The summed E-state index contributed by atoms with van der Waals surface area (Å²) in [5.74, 6) is -3.11. The first-order chi connectivity index (χ1) is 16.0. The van der Waals surface area contributed by atoms with Crippen molar-refractivity contribution in [3.63, 3.8) is 0 Å². The van der Waals surface area contributed by atoms with Crippen molar-refractivity contribution in [3.8, 4) is 0 Å². The van der Waals surface area contributed by atoms with Crippen molar-refractivity contribution in [1.82, 2.24) is 0 Å². The Morgan fingerprint density at radius 3 is 1.20 bits per heavy atom. The molecule has 2 aromatic carbocycles. The minimum Gasteiger partial charge on any atom is -0.759 e. The van der Waals surface area contributed by atoms with Crippen LogP contribution in [0, 0.1) is 0 Å². The fourth-order valence-corrected chi connectivity index (χ4v) is 2.30. The number of aliphatic carboxylic acids is 2. The zero-order chi connectivity index (χ0) is 27.3. The molecule has 2 unspecified atom stereocenters. The average molecular weight is 512 g/mol. The summed E-state index contributed by atoms with van der Waals surface area (Å²) in [5, 5.41) is 17.1. The number of para-hydroxylation sites is 2. The van der Waals surface area contributed by atoms with E-state index in [2.05, 4.69) is 0 Å². The minimum absolute atomic E-state index is 0.246. The Labute approximate surface area is 200 Å². The fourth-order valence-electron chi connectivity index (χ4n) is 2.30. The SMILES string of the molecule is Nc1ccccc1C(=O)CC(N)C(=O)O.Nc1ccccc1C(=O)CC(N)C(=O)O.O=S(=O)([O-])[O-]. The molecule has 0 aliphatic carbocycles. The maximum Gasteiger partial charge on any atom is 0.320 e. The summed E-state index contributed by atoms with van der Waals surface area (Å²) in [6.45, 7) is 0. The van der Waals surface area contributed by atoms with E-state index in [0.29, 0.717) is 22.5 Å². The van der Waals surface area contributed by atoms with E-state index < -0.39 is 34.4 Å². The number of Topliss-reactive ketones (excluding diaryl/α,β-unsaturated/α-hetero) is 2. The molecule has 0 aromatic heterocycles. The number of benzene rings is 2. The van der Waals surface area contributed by atoms with Gasteiger partial charge in [0, 0.05) is 45.7 Å². The number of anilines is 2. The Hall–Kier alpha value is -3.89. The molecule has 0 saturated carbocycles. The van der Waals surface area contributed by atoms with E-state index >= 15 is 0 Å². The van der Waals surface area contributed by atoms with Gasteiger partial charge in [-0.3, -0.25) is 27.6 Å². The van der Waals surface area contributed by atoms with Crippen molar-refractivity contribution < 1.29 is 46.9 Å². The molecule has 2 aromatic rings. The van der Waals surface area contributed by atoms with Gasteiger partial charge < -0.3 is 42.3 Å². The Morgan fingerprint density at radius 1 is 0.714 bits per heavy atom. The topological polar surface area (TPSA) is 293 Å². The van der Waals surface area contributed by atoms with Crippen LogP contribution in [0.2, 0.25) is 0 Å². The number of nitrogens with two attached hydrogens (primary N) is 4. The van der Waals surface area contributed by atoms with Crippen molar-refractivity contribution in [1.29, 1.82) is 0 Å². The summed E-state index contributed by atoms with van der Waals surface area (Å²) in [5.41, 5.74) is 22.9. The highest BCUT2D eigenvalue weighted by Gasteiger charge is 2.19. The molecule has 0 spiro atoms. The van der Waals surface area contributed by atoms with Crippen LogP contribution in [0.3, 0.4) is 0 Å². The van der Waals surface area contributed by atoms with E-state index in [9.17, 15) is 19.2 Å². The van der Waals surface area contributed by atoms with E-state index in [1.807, 2.05) is 0 Å². The maximum atomic E-state index is 11.6. The van der Waals surface area contributed by atoms with Gasteiger partial charge in [0.25, 0.3) is 0 Å². The van der Waals surface area contributed by atoms with Crippen LogP contribution in [0.25, 0.3) is 0 Å². The quantitative estimate of drug-likeness (QED) is 0.109. The summed E-state index contributed by atoms with van der Waals surface area (Å²) >= 11 is 0. The van der Waals surface area contributed by atoms with Crippen molar-refractivity contribution in [2.75, 3.05) is 11.5 Å². The van der Waals surface area contributed by atoms with Gasteiger partial charge in [0.1, 0.15) is 12.1 Å². The first-order valence-corrected chi connectivity index (χ1v) is 10.8. The summed E-state index contributed by atoms with van der Waals surface area (Å²) in [7, 11) is -5.17. The van der Waals surface area contributed by atoms with E-state index in [1.54, 1.807) is 48.5 Å². The standard InChI is InChI=1S/2C10H12N2O3.H2O4S/c2*11-7-4-2-1-3-6(7)9(13)5-8(12)10(14)15;1-5(2,3)4/h2*1-4,8H,5,11-12H2,(H,14,15);(H2,1,2,3,4)/p-2. The molecule has 10 N–H and O–H groups in total. The molecule has 2 atom stereocenters. The highest BCUT2D eigenvalue weighted by molar-refractivity contribution is 7.79. The van der Waals surface area contributed by atoms with E-state index in [4.69, 9.17) is 50.7 Å². The van der Waals surface area contributed by atoms with Gasteiger partial charge in [0.15, 0.2) is 11.6 Å². The summed E-state index contributed by atoms with van der Waals surface area (Å²) in [6.07, 6.45) is -0.493. The van der Waals surface area contributed by atoms with Crippen LogP contribution in [0.4, 0.5) is 11.4 Å². The van der Waals surface area contributed by atoms with Gasteiger partial charge in [-0.05, 0) is 24.3 Å². The number of hydrogen-bond acceptors (Lipinski definition) is 12. The van der Waals surface area contributed by atoms with Crippen LogP contribution in [0.15, 0.2) is 48.5 Å². The lowest BCUT2D eigenvalue weighted by molar-refractivity contribution is -0.139. The zero-order valence-corrected chi connectivity index (χ0v) is 18.9. The highest BCUT2D eigenvalue weighted by atomic mass is 32.3. The molecule has 14 nitrogen and oxygen atoms in total. The molecule has 0 aliphatic rings. The van der Waals surface area contributed by atoms with Crippen LogP contribution in [-0.2, 0) is 20.0 Å². The molecule has 0 saturated heterocycles.